The summed E-state index contributed by atoms with van der Waals surface area (Å²) in [7, 11) is 0. The Hall–Kier alpha value is -6.02. The van der Waals surface area contributed by atoms with Gasteiger partial charge in [-0.15, -0.1) is 0 Å². The van der Waals surface area contributed by atoms with Gasteiger partial charge in [0.2, 0.25) is 0 Å². The molecule has 274 valence electrons. The maximum absolute atomic E-state index is 13.2. The smallest absolute Gasteiger partial charge is 0.302 e. The Morgan fingerprint density at radius 3 is 1.25 bits per heavy atom. The lowest BCUT2D eigenvalue weighted by Gasteiger charge is -2.33. The van der Waals surface area contributed by atoms with E-state index in [1.54, 1.807) is 34.1 Å². The summed E-state index contributed by atoms with van der Waals surface area (Å²) in [6.45, 7) is 1.70. The van der Waals surface area contributed by atoms with Crippen LogP contribution in [0.5, 0.6) is 0 Å². The van der Waals surface area contributed by atoms with Crippen molar-refractivity contribution >= 4 is 82.0 Å². The number of guanidine groups is 2. The highest BCUT2D eigenvalue weighted by atomic mass is 35.5. The first-order valence-corrected chi connectivity index (χ1v) is 16.6. The normalized spacial score (nSPS) is 16.0. The number of nitrogens with two attached hydrogens (primary N) is 6. The minimum Gasteiger partial charge on any atom is -0.382 e. The Labute approximate surface area is 306 Å². The zero-order chi connectivity index (χ0) is 37.7. The molecule has 3 aromatic rings. The number of piperidine rings is 2. The third-order valence-electron chi connectivity index (χ3n) is 8.31. The van der Waals surface area contributed by atoms with E-state index in [1.807, 2.05) is 0 Å². The zero-order valence-electron chi connectivity index (χ0n) is 27.6. The molecular weight excluding hydrogens is 719 g/mol. The molecule has 0 spiro atoms. The van der Waals surface area contributed by atoms with Crippen molar-refractivity contribution < 1.29 is 19.2 Å². The van der Waals surface area contributed by atoms with E-state index in [9.17, 15) is 19.2 Å². The molecule has 14 N–H and O–H groups in total. The van der Waals surface area contributed by atoms with Gasteiger partial charge in [-0.25, -0.2) is 19.9 Å². The molecule has 0 unspecified atom stereocenters. The first-order chi connectivity index (χ1) is 24.7. The maximum Gasteiger partial charge on any atom is 0.302 e. The van der Waals surface area contributed by atoms with Crippen molar-refractivity contribution in [3.05, 3.63) is 57.1 Å². The van der Waals surface area contributed by atoms with Gasteiger partial charge < -0.3 is 54.8 Å². The number of anilines is 4. The molecule has 4 heterocycles. The van der Waals surface area contributed by atoms with Crippen molar-refractivity contribution in [1.82, 2.24) is 40.4 Å². The van der Waals surface area contributed by atoms with Gasteiger partial charge in [0.1, 0.15) is 0 Å². The molecule has 2 saturated heterocycles. The zero-order valence-corrected chi connectivity index (χ0v) is 29.1. The first-order valence-electron chi connectivity index (χ1n) is 15.9. The molecule has 2 aromatic heterocycles. The predicted molar refractivity (Wildman–Crippen MR) is 194 cm³/mol. The fourth-order valence-corrected chi connectivity index (χ4v) is 5.83. The summed E-state index contributed by atoms with van der Waals surface area (Å²) in [4.78, 5) is 77.5. The standard InChI is InChI=1S/C30H36Cl2N16O4/c31-19-23(35)43-21(33)17(41-19)25(49)45-29(37)39-15-5-9-47(10-6-15)27(51)13-1-2-14(4-3-13)28(52)48-11-7-16(8-12-48)40-30(38)46-26(50)18-22(34)44-24(36)20(32)42-18/h1-4,15-16H,5-12H2,(H4,33,35,43)(H4,34,36,44)(H3,37,39,45,49)(H3,38,40,46,50). The average Bonchev–Trinajstić information content (AvgIpc) is 3.11. The SMILES string of the molecule is NC(=NC(=O)c1nc(Cl)c(N)nc1N)NC1CCN(C(=O)c2ccc(C(=O)N3CCC(NC(N)=NC(=O)c4nc(Cl)c(N)nc4N)CC3)cc2)CC1. The summed E-state index contributed by atoms with van der Waals surface area (Å²) in [6, 6.07) is 6.22. The third-order valence-corrected chi connectivity index (χ3v) is 8.86. The molecule has 20 nitrogen and oxygen atoms in total. The van der Waals surface area contributed by atoms with E-state index in [0.717, 1.165) is 0 Å². The Morgan fingerprint density at radius 2 is 0.923 bits per heavy atom. The van der Waals surface area contributed by atoms with Gasteiger partial charge in [-0.05, 0) is 49.9 Å². The number of benzene rings is 1. The summed E-state index contributed by atoms with van der Waals surface area (Å²) in [5.74, 6) is -2.99. The van der Waals surface area contributed by atoms with Crippen molar-refractivity contribution in [3.63, 3.8) is 0 Å². The van der Waals surface area contributed by atoms with Crippen LogP contribution in [0, 0.1) is 0 Å². The molecule has 0 bridgehead atoms. The van der Waals surface area contributed by atoms with Crippen LogP contribution in [-0.2, 0) is 0 Å². The van der Waals surface area contributed by atoms with Crippen molar-refractivity contribution in [2.45, 2.75) is 37.8 Å². The van der Waals surface area contributed by atoms with E-state index in [4.69, 9.17) is 57.6 Å². The number of hydrogen-bond acceptors (Lipinski definition) is 12. The number of likely N-dealkylation sites (tertiary alicyclic amines) is 2. The fourth-order valence-electron chi connectivity index (χ4n) is 5.58. The van der Waals surface area contributed by atoms with Crippen molar-refractivity contribution in [3.8, 4) is 0 Å². The van der Waals surface area contributed by atoms with Crippen molar-refractivity contribution in [1.29, 1.82) is 0 Å². The molecule has 22 heteroatoms. The molecule has 4 amide bonds. The lowest BCUT2D eigenvalue weighted by molar-refractivity contribution is 0.0698. The average molecular weight is 756 g/mol. The number of aromatic nitrogens is 4. The minimum absolute atomic E-state index is 0.115. The number of rotatable bonds is 6. The lowest BCUT2D eigenvalue weighted by atomic mass is 10.0. The summed E-state index contributed by atoms with van der Waals surface area (Å²) < 4.78 is 0. The second-order valence-corrected chi connectivity index (χ2v) is 12.6. The van der Waals surface area contributed by atoms with E-state index in [-0.39, 0.29) is 80.8 Å². The first kappa shape index (κ1) is 37.2. The van der Waals surface area contributed by atoms with Crippen LogP contribution in [-0.4, -0.2) is 104 Å². The predicted octanol–water partition coefficient (Wildman–Crippen LogP) is -0.399. The van der Waals surface area contributed by atoms with Gasteiger partial charge in [-0.1, -0.05) is 23.2 Å². The number of carbonyl (C=O) groups is 4. The van der Waals surface area contributed by atoms with Gasteiger partial charge in [0.25, 0.3) is 11.8 Å². The number of aliphatic imine (C=N–C) groups is 2. The van der Waals surface area contributed by atoms with E-state index in [2.05, 4.69) is 40.6 Å². The van der Waals surface area contributed by atoms with Gasteiger partial charge in [0, 0.05) is 49.4 Å². The van der Waals surface area contributed by atoms with Crippen LogP contribution >= 0.6 is 23.2 Å². The molecule has 52 heavy (non-hydrogen) atoms. The maximum atomic E-state index is 13.2. The highest BCUT2D eigenvalue weighted by Crippen LogP contribution is 2.21. The third kappa shape index (κ3) is 8.82. The van der Waals surface area contributed by atoms with Crippen LogP contribution in [0.25, 0.3) is 0 Å². The van der Waals surface area contributed by atoms with Crippen LogP contribution < -0.4 is 45.0 Å². The van der Waals surface area contributed by atoms with Crippen molar-refractivity contribution in [2.24, 2.45) is 21.5 Å². The number of carbonyl (C=O) groups excluding carboxylic acids is 4. The molecule has 0 atom stereocenters. The van der Waals surface area contributed by atoms with E-state index < -0.39 is 11.8 Å². The quantitative estimate of drug-likeness (QED) is 0.117. The Morgan fingerprint density at radius 1 is 0.596 bits per heavy atom. The molecule has 0 saturated carbocycles. The number of hydrogen-bond donors (Lipinski definition) is 8. The van der Waals surface area contributed by atoms with Crippen LogP contribution in [0.2, 0.25) is 10.3 Å². The monoisotopic (exact) mass is 754 g/mol. The molecule has 2 aliphatic heterocycles. The number of amides is 4. The summed E-state index contributed by atoms with van der Waals surface area (Å²) in [5, 5.41) is 5.60. The van der Waals surface area contributed by atoms with Crippen LogP contribution in [0.4, 0.5) is 23.3 Å². The molecule has 2 aliphatic rings. The van der Waals surface area contributed by atoms with Gasteiger partial charge in [0.05, 0.1) is 0 Å². The molecule has 0 radical (unpaired) electrons. The van der Waals surface area contributed by atoms with Crippen LogP contribution in [0.3, 0.4) is 0 Å². The molecule has 0 aliphatic carbocycles. The lowest BCUT2D eigenvalue weighted by Crippen LogP contribution is -2.48. The number of nitrogen functional groups attached to an aromatic ring is 4. The molecule has 5 rings (SSSR count). The van der Waals surface area contributed by atoms with Gasteiger partial charge >= 0.3 is 11.8 Å². The fraction of sp³-hybridized carbons (Fsp3) is 0.333. The summed E-state index contributed by atoms with van der Waals surface area (Å²) in [5.41, 5.74) is 34.7. The Kier molecular flexibility index (Phi) is 11.4. The second-order valence-electron chi connectivity index (χ2n) is 11.9. The van der Waals surface area contributed by atoms with E-state index in [0.29, 0.717) is 63.0 Å². The highest BCUT2D eigenvalue weighted by Gasteiger charge is 2.27. The molecular formula is C30H36Cl2N16O4. The van der Waals surface area contributed by atoms with Gasteiger partial charge in [-0.3, -0.25) is 19.2 Å². The summed E-state index contributed by atoms with van der Waals surface area (Å²) in [6.07, 6.45) is 2.17. The van der Waals surface area contributed by atoms with Gasteiger partial charge in [0.15, 0.2) is 56.9 Å². The largest absolute Gasteiger partial charge is 0.382 e. The minimum atomic E-state index is -0.835. The number of halogens is 2. The molecule has 1 aromatic carbocycles. The Bertz CT molecular complexity index is 1800. The van der Waals surface area contributed by atoms with Gasteiger partial charge in [-0.2, -0.15) is 9.98 Å². The van der Waals surface area contributed by atoms with E-state index in [1.165, 1.54) is 0 Å². The topological polar surface area (TPSA) is 331 Å². The number of nitrogens with zero attached hydrogens (tertiary/aromatic N) is 8. The summed E-state index contributed by atoms with van der Waals surface area (Å²) >= 11 is 11.7. The van der Waals surface area contributed by atoms with Crippen molar-refractivity contribution in [2.75, 3.05) is 49.1 Å². The van der Waals surface area contributed by atoms with Crippen LogP contribution in [0.1, 0.15) is 67.4 Å². The highest BCUT2D eigenvalue weighted by molar-refractivity contribution is 6.32. The Balaban J connectivity index is 1.07. The van der Waals surface area contributed by atoms with Crippen LogP contribution in [0.15, 0.2) is 34.3 Å². The second kappa shape index (κ2) is 15.9. The van der Waals surface area contributed by atoms with E-state index >= 15 is 0 Å². The number of nitrogens with one attached hydrogen (secondary N) is 2. The molecule has 2 fully saturated rings.